The molecular formula is C12H8Br2N2O2. The summed E-state index contributed by atoms with van der Waals surface area (Å²) in [6.07, 6.45) is 2.86. The summed E-state index contributed by atoms with van der Waals surface area (Å²) in [4.78, 5) is 26.1. The van der Waals surface area contributed by atoms with Crippen molar-refractivity contribution in [2.45, 2.75) is 0 Å². The number of H-pyrrole nitrogens is 1. The number of nitrogens with one attached hydrogen (secondary N) is 2. The van der Waals surface area contributed by atoms with Crippen molar-refractivity contribution >= 4 is 43.5 Å². The van der Waals surface area contributed by atoms with Gasteiger partial charge in [-0.25, -0.2) is 0 Å². The van der Waals surface area contributed by atoms with Crippen molar-refractivity contribution in [2.24, 2.45) is 0 Å². The second-order valence-corrected chi connectivity index (χ2v) is 5.27. The van der Waals surface area contributed by atoms with Crippen LogP contribution in [0.3, 0.4) is 0 Å². The van der Waals surface area contributed by atoms with E-state index in [9.17, 15) is 9.59 Å². The Morgan fingerprint density at radius 1 is 1.22 bits per heavy atom. The van der Waals surface area contributed by atoms with Crippen molar-refractivity contribution in [3.63, 3.8) is 0 Å². The second-order valence-electron chi connectivity index (χ2n) is 3.50. The minimum absolute atomic E-state index is 0.0762. The number of anilines is 1. The van der Waals surface area contributed by atoms with E-state index in [1.54, 1.807) is 12.1 Å². The lowest BCUT2D eigenvalue weighted by Crippen LogP contribution is -2.21. The van der Waals surface area contributed by atoms with Crippen LogP contribution < -0.4 is 10.7 Å². The van der Waals surface area contributed by atoms with E-state index in [2.05, 4.69) is 42.2 Å². The molecule has 0 aliphatic rings. The normalized spacial score (nSPS) is 10.1. The van der Waals surface area contributed by atoms with E-state index in [0.717, 1.165) is 8.95 Å². The van der Waals surface area contributed by atoms with E-state index in [1.807, 2.05) is 6.07 Å². The van der Waals surface area contributed by atoms with Crippen LogP contribution in [0.5, 0.6) is 0 Å². The molecule has 0 bridgehead atoms. The number of halogens is 2. The van der Waals surface area contributed by atoms with Crippen LogP contribution in [-0.2, 0) is 0 Å². The number of carbonyl (C=O) groups excluding carboxylic acids is 1. The van der Waals surface area contributed by atoms with Gasteiger partial charge in [-0.15, -0.1) is 0 Å². The van der Waals surface area contributed by atoms with Gasteiger partial charge in [-0.1, -0.05) is 15.9 Å². The van der Waals surface area contributed by atoms with Gasteiger partial charge in [-0.2, -0.15) is 0 Å². The number of amides is 1. The third kappa shape index (κ3) is 2.88. The molecule has 6 heteroatoms. The first-order valence-electron chi connectivity index (χ1n) is 5.01. The molecule has 0 saturated carbocycles. The summed E-state index contributed by atoms with van der Waals surface area (Å²) >= 11 is 6.66. The molecule has 0 spiro atoms. The molecule has 0 aliphatic carbocycles. The number of hydrogen-bond acceptors (Lipinski definition) is 2. The van der Waals surface area contributed by atoms with Crippen LogP contribution >= 0.6 is 31.9 Å². The highest BCUT2D eigenvalue weighted by molar-refractivity contribution is 9.11. The number of carbonyl (C=O) groups is 1. The average molecular weight is 372 g/mol. The predicted molar refractivity (Wildman–Crippen MR) is 76.9 cm³/mol. The minimum atomic E-state index is -0.445. The Morgan fingerprint density at radius 3 is 2.67 bits per heavy atom. The fourth-order valence-electron chi connectivity index (χ4n) is 1.37. The molecule has 18 heavy (non-hydrogen) atoms. The molecule has 0 saturated heterocycles. The summed E-state index contributed by atoms with van der Waals surface area (Å²) in [5.74, 6) is -0.445. The van der Waals surface area contributed by atoms with Crippen molar-refractivity contribution in [1.29, 1.82) is 0 Å². The average Bonchev–Trinajstić information content (AvgIpc) is 2.33. The molecule has 92 valence electrons. The van der Waals surface area contributed by atoms with Crippen molar-refractivity contribution < 1.29 is 4.79 Å². The molecule has 2 rings (SSSR count). The molecule has 2 aromatic rings. The van der Waals surface area contributed by atoms with Gasteiger partial charge < -0.3 is 10.3 Å². The Kier molecular flexibility index (Phi) is 3.98. The molecule has 0 fully saturated rings. The fraction of sp³-hybridized carbons (Fsp3) is 0. The Bertz CT molecular complexity index is 653. The van der Waals surface area contributed by atoms with Gasteiger partial charge in [-0.3, -0.25) is 9.59 Å². The topological polar surface area (TPSA) is 62.0 Å². The lowest BCUT2D eigenvalue weighted by molar-refractivity contribution is 0.102. The smallest absolute Gasteiger partial charge is 0.261 e. The molecule has 0 radical (unpaired) electrons. The number of pyridine rings is 1. The summed E-state index contributed by atoms with van der Waals surface area (Å²) in [6, 6.07) is 6.66. The first-order chi connectivity index (χ1) is 8.58. The van der Waals surface area contributed by atoms with Crippen molar-refractivity contribution in [2.75, 3.05) is 5.32 Å². The molecule has 1 amide bonds. The van der Waals surface area contributed by atoms with E-state index >= 15 is 0 Å². The highest BCUT2D eigenvalue weighted by atomic mass is 79.9. The van der Waals surface area contributed by atoms with Crippen LogP contribution in [0.4, 0.5) is 5.69 Å². The summed E-state index contributed by atoms with van der Waals surface area (Å²) in [5.41, 5.74) is 0.359. The summed E-state index contributed by atoms with van der Waals surface area (Å²) in [6.45, 7) is 0. The summed E-state index contributed by atoms with van der Waals surface area (Å²) in [7, 11) is 0. The van der Waals surface area contributed by atoms with Gasteiger partial charge in [0.2, 0.25) is 0 Å². The summed E-state index contributed by atoms with van der Waals surface area (Å²) < 4.78 is 1.63. The van der Waals surface area contributed by atoms with Crippen molar-refractivity contribution in [1.82, 2.24) is 4.98 Å². The maximum Gasteiger partial charge on any atom is 0.261 e. The van der Waals surface area contributed by atoms with Gasteiger partial charge in [-0.05, 0) is 34.1 Å². The second kappa shape index (κ2) is 5.49. The van der Waals surface area contributed by atoms with Gasteiger partial charge in [0.15, 0.2) is 5.43 Å². The highest BCUT2D eigenvalue weighted by Gasteiger charge is 2.11. The molecule has 1 heterocycles. The quantitative estimate of drug-likeness (QED) is 0.851. The number of aromatic nitrogens is 1. The zero-order valence-electron chi connectivity index (χ0n) is 9.04. The Balaban J connectivity index is 2.27. The maximum absolute atomic E-state index is 11.9. The highest BCUT2D eigenvalue weighted by Crippen LogP contribution is 2.26. The fourth-order valence-corrected chi connectivity index (χ4v) is 2.52. The van der Waals surface area contributed by atoms with E-state index in [-0.39, 0.29) is 11.0 Å². The third-order valence-electron chi connectivity index (χ3n) is 2.25. The predicted octanol–water partition coefficient (Wildman–Crippen LogP) is 3.15. The Hall–Kier alpha value is -1.40. The molecule has 2 N–H and O–H groups in total. The number of aromatic amines is 1. The zero-order chi connectivity index (χ0) is 13.1. The minimum Gasteiger partial charge on any atom is -0.367 e. The largest absolute Gasteiger partial charge is 0.367 e. The SMILES string of the molecule is O=C(Nc1ccc(Br)cc1Br)c1c[nH]ccc1=O. The number of hydrogen-bond donors (Lipinski definition) is 2. The molecule has 0 atom stereocenters. The molecule has 1 aromatic carbocycles. The maximum atomic E-state index is 11.9. The van der Waals surface area contributed by atoms with Crippen LogP contribution in [0.25, 0.3) is 0 Å². The van der Waals surface area contributed by atoms with Crippen LogP contribution in [0.15, 0.2) is 50.4 Å². The monoisotopic (exact) mass is 370 g/mol. The Morgan fingerprint density at radius 2 is 2.00 bits per heavy atom. The zero-order valence-corrected chi connectivity index (χ0v) is 12.2. The van der Waals surface area contributed by atoms with E-state index in [0.29, 0.717) is 5.69 Å². The molecule has 1 aromatic heterocycles. The number of benzene rings is 1. The first kappa shape index (κ1) is 13.0. The van der Waals surface area contributed by atoms with E-state index in [1.165, 1.54) is 18.5 Å². The number of rotatable bonds is 2. The standard InChI is InChI=1S/C12H8Br2N2O2/c13-7-1-2-10(9(14)5-7)16-12(18)8-6-15-4-3-11(8)17/h1-6H,(H,15,17)(H,16,18). The van der Waals surface area contributed by atoms with Crippen LogP contribution in [0, 0.1) is 0 Å². The first-order valence-corrected chi connectivity index (χ1v) is 6.60. The van der Waals surface area contributed by atoms with Crippen molar-refractivity contribution in [3.05, 3.63) is 61.4 Å². The van der Waals surface area contributed by atoms with Gasteiger partial charge in [0.1, 0.15) is 5.56 Å². The molecule has 4 nitrogen and oxygen atoms in total. The van der Waals surface area contributed by atoms with Crippen molar-refractivity contribution in [3.8, 4) is 0 Å². The van der Waals surface area contributed by atoms with Gasteiger partial charge in [0.05, 0.1) is 5.69 Å². The van der Waals surface area contributed by atoms with Gasteiger partial charge >= 0.3 is 0 Å². The van der Waals surface area contributed by atoms with Crippen LogP contribution in [-0.4, -0.2) is 10.9 Å². The molecular weight excluding hydrogens is 364 g/mol. The van der Waals surface area contributed by atoms with E-state index < -0.39 is 5.91 Å². The van der Waals surface area contributed by atoms with E-state index in [4.69, 9.17) is 0 Å². The Labute approximate surface area is 120 Å². The lowest BCUT2D eigenvalue weighted by atomic mass is 10.2. The lowest BCUT2D eigenvalue weighted by Gasteiger charge is -2.07. The third-order valence-corrected chi connectivity index (χ3v) is 3.40. The van der Waals surface area contributed by atoms with Gasteiger partial charge in [0.25, 0.3) is 5.91 Å². The van der Waals surface area contributed by atoms with Gasteiger partial charge in [0, 0.05) is 27.4 Å². The van der Waals surface area contributed by atoms with Crippen LogP contribution in [0.1, 0.15) is 10.4 Å². The summed E-state index contributed by atoms with van der Waals surface area (Å²) in [5, 5.41) is 2.67. The van der Waals surface area contributed by atoms with Crippen LogP contribution in [0.2, 0.25) is 0 Å². The molecule has 0 unspecified atom stereocenters. The molecule has 0 aliphatic heterocycles.